The highest BCUT2D eigenvalue weighted by Gasteiger charge is 2.23. The lowest BCUT2D eigenvalue weighted by atomic mass is 9.96. The molecule has 4 aromatic rings. The van der Waals surface area contributed by atoms with Crippen molar-refractivity contribution in [2.24, 2.45) is 16.6 Å². The van der Waals surface area contributed by atoms with Crippen LogP contribution in [0.2, 0.25) is 0 Å². The number of aromatic amines is 1. The lowest BCUT2D eigenvalue weighted by Crippen LogP contribution is -2.38. The Morgan fingerprint density at radius 2 is 1.78 bits per heavy atom. The number of nitro groups is 1. The molecule has 0 bridgehead atoms. The molecule has 1 aliphatic heterocycles. The second kappa shape index (κ2) is 10.2. The first-order chi connectivity index (χ1) is 17.9. The number of nitrogens with two attached hydrogens (primary N) is 1. The lowest BCUT2D eigenvalue weighted by molar-refractivity contribution is -0.384. The number of H-pyrrole nitrogens is 1. The van der Waals surface area contributed by atoms with Gasteiger partial charge in [0.1, 0.15) is 0 Å². The van der Waals surface area contributed by atoms with Crippen LogP contribution < -0.4 is 5.73 Å². The highest BCUT2D eigenvalue weighted by Crippen LogP contribution is 2.33. The summed E-state index contributed by atoms with van der Waals surface area (Å²) >= 11 is 0. The number of aromatic nitrogens is 1. The van der Waals surface area contributed by atoms with Gasteiger partial charge in [0.05, 0.1) is 21.9 Å². The van der Waals surface area contributed by atoms with Crippen molar-refractivity contribution in [2.45, 2.75) is 19.4 Å². The third kappa shape index (κ3) is 5.22. The highest BCUT2D eigenvalue weighted by atomic mass is 16.6. The third-order valence-electron chi connectivity index (χ3n) is 6.83. The minimum Gasteiger partial charge on any atom is -0.494 e. The zero-order valence-electron chi connectivity index (χ0n) is 20.1. The zero-order valence-corrected chi connectivity index (χ0v) is 20.1. The molecule has 0 atom stereocenters. The third-order valence-corrected chi connectivity index (χ3v) is 6.83. The molecule has 0 aliphatic carbocycles. The summed E-state index contributed by atoms with van der Waals surface area (Å²) in [5, 5.41) is 22.7. The number of nitro benzene ring substituents is 1. The van der Waals surface area contributed by atoms with Gasteiger partial charge in [-0.05, 0) is 49.7 Å². The maximum Gasteiger partial charge on any atom is 0.270 e. The van der Waals surface area contributed by atoms with Gasteiger partial charge in [-0.1, -0.05) is 42.5 Å². The Kier molecular flexibility index (Phi) is 6.70. The van der Waals surface area contributed by atoms with Gasteiger partial charge in [0.2, 0.25) is 5.91 Å². The summed E-state index contributed by atoms with van der Waals surface area (Å²) in [6.07, 6.45) is 1.56. The van der Waals surface area contributed by atoms with Gasteiger partial charge in [-0.15, -0.1) is 0 Å². The van der Waals surface area contributed by atoms with Crippen molar-refractivity contribution in [2.75, 3.05) is 13.1 Å². The van der Waals surface area contributed by atoms with Gasteiger partial charge >= 0.3 is 0 Å². The first kappa shape index (κ1) is 24.2. The number of rotatable bonds is 7. The molecule has 1 saturated heterocycles. The molecule has 1 aromatic heterocycles. The number of nitrogens with zero attached hydrogens (tertiary/aromatic N) is 3. The molecule has 3 aromatic carbocycles. The largest absolute Gasteiger partial charge is 0.494 e. The van der Waals surface area contributed by atoms with E-state index in [1.54, 1.807) is 6.07 Å². The van der Waals surface area contributed by atoms with Crippen LogP contribution in [0.15, 0.2) is 77.8 Å². The van der Waals surface area contributed by atoms with Crippen LogP contribution in [-0.4, -0.2) is 44.6 Å². The summed E-state index contributed by atoms with van der Waals surface area (Å²) < 4.78 is 0. The second-order valence-corrected chi connectivity index (χ2v) is 9.28. The van der Waals surface area contributed by atoms with E-state index in [9.17, 15) is 20.0 Å². The van der Waals surface area contributed by atoms with E-state index in [0.717, 1.165) is 43.6 Å². The minimum atomic E-state index is -0.457. The maximum absolute atomic E-state index is 11.4. The van der Waals surface area contributed by atoms with Crippen LogP contribution in [0.4, 0.5) is 11.4 Å². The van der Waals surface area contributed by atoms with Crippen LogP contribution in [0, 0.1) is 16.0 Å². The summed E-state index contributed by atoms with van der Waals surface area (Å²) in [5.74, 6) is -0.354. The van der Waals surface area contributed by atoms with E-state index >= 15 is 0 Å². The maximum atomic E-state index is 11.4. The molecular formula is C28H27N5O4. The molecule has 1 aliphatic rings. The number of primary amides is 1. The van der Waals surface area contributed by atoms with Crippen molar-refractivity contribution in [3.63, 3.8) is 0 Å². The topological polar surface area (TPSA) is 138 Å². The van der Waals surface area contributed by atoms with Gasteiger partial charge in [-0.3, -0.25) is 19.8 Å². The van der Waals surface area contributed by atoms with E-state index in [0.29, 0.717) is 27.9 Å². The molecule has 188 valence electrons. The number of nitrogens with one attached hydrogen (secondary N) is 1. The summed E-state index contributed by atoms with van der Waals surface area (Å²) in [5.41, 5.74) is 9.46. The van der Waals surface area contributed by atoms with Gasteiger partial charge in [0.25, 0.3) is 5.69 Å². The molecule has 4 N–H and O–H groups in total. The Bertz CT molecular complexity index is 1470. The summed E-state index contributed by atoms with van der Waals surface area (Å²) in [6, 6.07) is 21.7. The number of amides is 1. The van der Waals surface area contributed by atoms with Crippen molar-refractivity contribution in [1.29, 1.82) is 0 Å². The van der Waals surface area contributed by atoms with Crippen LogP contribution in [0.3, 0.4) is 0 Å². The van der Waals surface area contributed by atoms with Crippen molar-refractivity contribution in [3.05, 3.63) is 99.6 Å². The van der Waals surface area contributed by atoms with Gasteiger partial charge < -0.3 is 15.8 Å². The number of carbonyl (C=O) groups excluding carboxylic acids is 1. The van der Waals surface area contributed by atoms with Gasteiger partial charge in [-0.2, -0.15) is 0 Å². The number of non-ortho nitro benzene ring substituents is 1. The average molecular weight is 498 g/mol. The summed E-state index contributed by atoms with van der Waals surface area (Å²) in [4.78, 5) is 32.4. The Morgan fingerprint density at radius 3 is 2.43 bits per heavy atom. The van der Waals surface area contributed by atoms with Crippen LogP contribution in [-0.2, 0) is 11.3 Å². The van der Waals surface area contributed by atoms with Crippen molar-refractivity contribution >= 4 is 33.9 Å². The first-order valence-corrected chi connectivity index (χ1v) is 12.1. The number of piperidine rings is 1. The Balaban J connectivity index is 1.47. The predicted octanol–water partition coefficient (Wildman–Crippen LogP) is 4.65. The molecule has 1 fully saturated rings. The Morgan fingerprint density at radius 1 is 1.08 bits per heavy atom. The number of benzene rings is 3. The first-order valence-electron chi connectivity index (χ1n) is 12.1. The zero-order chi connectivity index (χ0) is 25.9. The Labute approximate surface area is 213 Å². The number of hydrogen-bond acceptors (Lipinski definition) is 6. The van der Waals surface area contributed by atoms with E-state index in [-0.39, 0.29) is 23.4 Å². The highest BCUT2D eigenvalue weighted by molar-refractivity contribution is 6.22. The molecular weight excluding hydrogens is 470 g/mol. The number of hydrogen-bond donors (Lipinski definition) is 3. The minimum absolute atomic E-state index is 0.0354. The predicted molar refractivity (Wildman–Crippen MR) is 142 cm³/mol. The number of aliphatic imine (C=N–C) groups is 1. The molecule has 0 radical (unpaired) electrons. The SMILES string of the molecule is NC(=O)C1CCN(Cc2ccc(N=C(c3ccccc3)c3c(O)[nH]c4ccc([N+](=O)[O-])cc34)cc2)CC1. The quantitative estimate of drug-likeness (QED) is 0.194. The fraction of sp³-hybridized carbons (Fsp3) is 0.214. The fourth-order valence-corrected chi connectivity index (χ4v) is 4.82. The molecule has 1 amide bonds. The molecule has 9 heteroatoms. The number of carbonyl (C=O) groups is 1. The van der Waals surface area contributed by atoms with E-state index in [1.165, 1.54) is 12.1 Å². The number of likely N-dealkylation sites (tertiary alicyclic amines) is 1. The molecule has 5 rings (SSSR count). The van der Waals surface area contributed by atoms with E-state index < -0.39 is 4.92 Å². The van der Waals surface area contributed by atoms with Gasteiger partial charge in [-0.25, -0.2) is 4.99 Å². The summed E-state index contributed by atoms with van der Waals surface area (Å²) in [6.45, 7) is 2.43. The number of aromatic hydroxyl groups is 1. The molecule has 0 spiro atoms. The van der Waals surface area contributed by atoms with Crippen molar-refractivity contribution in [1.82, 2.24) is 9.88 Å². The lowest BCUT2D eigenvalue weighted by Gasteiger charge is -2.30. The van der Waals surface area contributed by atoms with E-state index in [2.05, 4.69) is 9.88 Å². The van der Waals surface area contributed by atoms with E-state index in [4.69, 9.17) is 10.7 Å². The van der Waals surface area contributed by atoms with E-state index in [1.807, 2.05) is 54.6 Å². The average Bonchev–Trinajstić information content (AvgIpc) is 3.23. The fourth-order valence-electron chi connectivity index (χ4n) is 4.82. The standard InChI is InChI=1S/C28H27N5O4/c29-27(34)20-12-14-32(15-13-20)17-18-6-8-21(9-7-18)30-26(19-4-2-1-3-5-19)25-23-16-22(33(36)37)10-11-24(23)31-28(25)35/h1-11,16,20,31,35H,12-15,17H2,(H2,29,34). The van der Waals surface area contributed by atoms with Crippen molar-refractivity contribution < 1.29 is 14.8 Å². The monoisotopic (exact) mass is 497 g/mol. The molecule has 0 unspecified atom stereocenters. The van der Waals surface area contributed by atoms with Gasteiger partial charge in [0, 0.05) is 41.1 Å². The van der Waals surface area contributed by atoms with Crippen LogP contribution >= 0.6 is 0 Å². The smallest absolute Gasteiger partial charge is 0.270 e. The second-order valence-electron chi connectivity index (χ2n) is 9.28. The van der Waals surface area contributed by atoms with Gasteiger partial charge in [0.15, 0.2) is 5.88 Å². The Hall–Kier alpha value is -4.50. The number of fused-ring (bicyclic) bond motifs is 1. The molecule has 0 saturated carbocycles. The van der Waals surface area contributed by atoms with Crippen molar-refractivity contribution in [3.8, 4) is 5.88 Å². The molecule has 9 nitrogen and oxygen atoms in total. The van der Waals surface area contributed by atoms with Crippen LogP contribution in [0.5, 0.6) is 5.88 Å². The van der Waals surface area contributed by atoms with Crippen LogP contribution in [0.1, 0.15) is 29.5 Å². The molecule has 37 heavy (non-hydrogen) atoms. The van der Waals surface area contributed by atoms with Crippen LogP contribution in [0.25, 0.3) is 10.9 Å². The molecule has 2 heterocycles. The normalized spacial score (nSPS) is 15.2. The summed E-state index contributed by atoms with van der Waals surface area (Å²) in [7, 11) is 0.